The fourth-order valence-corrected chi connectivity index (χ4v) is 2.95. The molecular formula is C16H21N7O. The van der Waals surface area contributed by atoms with Gasteiger partial charge in [-0.25, -0.2) is 9.97 Å². The monoisotopic (exact) mass is 327 g/mol. The Morgan fingerprint density at radius 1 is 1.29 bits per heavy atom. The average Bonchev–Trinajstić information content (AvgIpc) is 3.20. The maximum atomic E-state index is 5.39. The lowest BCUT2D eigenvalue weighted by molar-refractivity contribution is 0.0398. The fourth-order valence-electron chi connectivity index (χ4n) is 2.95. The minimum Gasteiger partial charge on any atom is -0.379 e. The summed E-state index contributed by atoms with van der Waals surface area (Å²) in [6.45, 7) is 7.37. The van der Waals surface area contributed by atoms with Gasteiger partial charge >= 0.3 is 0 Å². The van der Waals surface area contributed by atoms with Crippen molar-refractivity contribution in [3.63, 3.8) is 0 Å². The minimum atomic E-state index is 0.807. The van der Waals surface area contributed by atoms with Gasteiger partial charge in [0.15, 0.2) is 5.65 Å². The second-order valence-corrected chi connectivity index (χ2v) is 5.87. The molecule has 0 spiro atoms. The number of morpholine rings is 1. The number of fused-ring (bicyclic) bond motifs is 1. The van der Waals surface area contributed by atoms with Crippen LogP contribution in [-0.4, -0.2) is 68.6 Å². The summed E-state index contributed by atoms with van der Waals surface area (Å²) in [5, 5.41) is 3.53. The number of aromatic amines is 1. The van der Waals surface area contributed by atoms with E-state index >= 15 is 0 Å². The number of aromatic nitrogens is 5. The van der Waals surface area contributed by atoms with Crippen LogP contribution in [-0.2, 0) is 4.74 Å². The van der Waals surface area contributed by atoms with Gasteiger partial charge in [-0.15, -0.1) is 0 Å². The zero-order valence-electron chi connectivity index (χ0n) is 13.7. The first-order chi connectivity index (χ1) is 11.8. The van der Waals surface area contributed by atoms with E-state index in [0.29, 0.717) is 0 Å². The van der Waals surface area contributed by atoms with Crippen LogP contribution < -0.4 is 5.32 Å². The quantitative estimate of drug-likeness (QED) is 0.732. The van der Waals surface area contributed by atoms with Crippen LogP contribution in [0.5, 0.6) is 0 Å². The normalized spacial score (nSPS) is 15.9. The summed E-state index contributed by atoms with van der Waals surface area (Å²) >= 11 is 0. The molecule has 24 heavy (non-hydrogen) atoms. The summed E-state index contributed by atoms with van der Waals surface area (Å²) in [4.78, 5) is 18.9. The number of ether oxygens (including phenoxy) is 1. The Labute approximate surface area is 139 Å². The van der Waals surface area contributed by atoms with E-state index in [1.165, 1.54) is 0 Å². The second-order valence-electron chi connectivity index (χ2n) is 5.87. The SMILES string of the molecule is Cc1nc(-c2nc3cnccn3c2NCCN2CCOCC2)c[nH]1. The third kappa shape index (κ3) is 2.98. The lowest BCUT2D eigenvalue weighted by Gasteiger charge is -2.26. The Morgan fingerprint density at radius 3 is 2.96 bits per heavy atom. The summed E-state index contributed by atoms with van der Waals surface area (Å²) in [5.41, 5.74) is 2.49. The predicted molar refractivity (Wildman–Crippen MR) is 91.1 cm³/mol. The largest absolute Gasteiger partial charge is 0.379 e. The highest BCUT2D eigenvalue weighted by molar-refractivity contribution is 5.73. The molecule has 0 bridgehead atoms. The van der Waals surface area contributed by atoms with Gasteiger partial charge in [0.05, 0.1) is 19.4 Å². The van der Waals surface area contributed by atoms with Crippen molar-refractivity contribution >= 4 is 11.5 Å². The van der Waals surface area contributed by atoms with E-state index in [9.17, 15) is 0 Å². The van der Waals surface area contributed by atoms with Crippen molar-refractivity contribution < 1.29 is 4.74 Å². The summed E-state index contributed by atoms with van der Waals surface area (Å²) < 4.78 is 7.41. The fraction of sp³-hybridized carbons (Fsp3) is 0.438. The molecule has 1 aliphatic rings. The average molecular weight is 327 g/mol. The number of imidazole rings is 2. The topological polar surface area (TPSA) is 83.4 Å². The van der Waals surface area contributed by atoms with Gasteiger partial charge in [-0.3, -0.25) is 14.3 Å². The molecule has 0 aliphatic carbocycles. The van der Waals surface area contributed by atoms with Crippen molar-refractivity contribution in [1.82, 2.24) is 29.2 Å². The van der Waals surface area contributed by atoms with Crippen LogP contribution in [0.3, 0.4) is 0 Å². The van der Waals surface area contributed by atoms with E-state index in [1.807, 2.05) is 23.7 Å². The molecule has 1 saturated heterocycles. The van der Waals surface area contributed by atoms with Crippen LogP contribution in [0.1, 0.15) is 5.82 Å². The standard InChI is InChI=1S/C16H21N7O/c1-12-19-10-13(20-12)15-16(23-5-2-17-11-14(23)21-15)18-3-4-22-6-8-24-9-7-22/h2,5,10-11,18H,3-4,6-9H2,1H3,(H,19,20). The van der Waals surface area contributed by atoms with Crippen molar-refractivity contribution in [3.05, 3.63) is 30.6 Å². The van der Waals surface area contributed by atoms with E-state index < -0.39 is 0 Å². The lowest BCUT2D eigenvalue weighted by Crippen LogP contribution is -2.39. The first kappa shape index (κ1) is 15.1. The highest BCUT2D eigenvalue weighted by Gasteiger charge is 2.17. The van der Waals surface area contributed by atoms with E-state index in [-0.39, 0.29) is 0 Å². The predicted octanol–water partition coefficient (Wildman–Crippen LogP) is 1.17. The van der Waals surface area contributed by atoms with E-state index in [1.54, 1.807) is 12.4 Å². The first-order valence-corrected chi connectivity index (χ1v) is 8.20. The number of aryl methyl sites for hydroxylation is 1. The van der Waals surface area contributed by atoms with Gasteiger partial charge in [0.1, 0.15) is 23.0 Å². The minimum absolute atomic E-state index is 0.807. The Balaban J connectivity index is 1.58. The van der Waals surface area contributed by atoms with Gasteiger partial charge in [-0.1, -0.05) is 0 Å². The Bertz CT molecular complexity index is 819. The molecule has 8 nitrogen and oxygen atoms in total. The zero-order chi connectivity index (χ0) is 16.4. The maximum Gasteiger partial charge on any atom is 0.157 e. The first-order valence-electron chi connectivity index (χ1n) is 8.20. The van der Waals surface area contributed by atoms with Gasteiger partial charge in [0, 0.05) is 44.8 Å². The highest BCUT2D eigenvalue weighted by Crippen LogP contribution is 2.27. The molecular weight excluding hydrogens is 306 g/mol. The molecule has 0 atom stereocenters. The van der Waals surface area contributed by atoms with Crippen LogP contribution in [0.2, 0.25) is 0 Å². The number of hydrogen-bond donors (Lipinski definition) is 2. The van der Waals surface area contributed by atoms with Crippen LogP contribution >= 0.6 is 0 Å². The third-order valence-corrected chi connectivity index (χ3v) is 4.20. The van der Waals surface area contributed by atoms with Gasteiger partial charge in [-0.2, -0.15) is 0 Å². The van der Waals surface area contributed by atoms with Crippen LogP contribution in [0, 0.1) is 6.92 Å². The molecule has 126 valence electrons. The van der Waals surface area contributed by atoms with Gasteiger partial charge in [0.2, 0.25) is 0 Å². The molecule has 3 aromatic heterocycles. The van der Waals surface area contributed by atoms with Crippen molar-refractivity contribution in [3.8, 4) is 11.4 Å². The number of rotatable bonds is 5. The lowest BCUT2D eigenvalue weighted by atomic mass is 10.3. The molecule has 8 heteroatoms. The van der Waals surface area contributed by atoms with Crippen LogP contribution in [0.4, 0.5) is 5.82 Å². The third-order valence-electron chi connectivity index (χ3n) is 4.20. The molecule has 0 saturated carbocycles. The molecule has 1 fully saturated rings. The van der Waals surface area contributed by atoms with E-state index in [0.717, 1.165) is 68.1 Å². The molecule has 3 aromatic rings. The summed E-state index contributed by atoms with van der Waals surface area (Å²) in [6, 6.07) is 0. The Morgan fingerprint density at radius 2 is 2.17 bits per heavy atom. The van der Waals surface area contributed by atoms with Crippen molar-refractivity contribution in [2.24, 2.45) is 0 Å². The number of anilines is 1. The van der Waals surface area contributed by atoms with E-state index in [4.69, 9.17) is 4.74 Å². The summed E-state index contributed by atoms with van der Waals surface area (Å²) in [5.74, 6) is 1.83. The Kier molecular flexibility index (Phi) is 4.14. The highest BCUT2D eigenvalue weighted by atomic mass is 16.5. The molecule has 0 amide bonds. The van der Waals surface area contributed by atoms with E-state index in [2.05, 4.69) is 30.2 Å². The molecule has 1 aliphatic heterocycles. The van der Waals surface area contributed by atoms with Gasteiger partial charge in [0.25, 0.3) is 0 Å². The zero-order valence-corrected chi connectivity index (χ0v) is 13.7. The smallest absolute Gasteiger partial charge is 0.157 e. The molecule has 0 aromatic carbocycles. The molecule has 4 rings (SSSR count). The molecule has 2 N–H and O–H groups in total. The summed E-state index contributed by atoms with van der Waals surface area (Å²) in [7, 11) is 0. The van der Waals surface area contributed by atoms with Crippen molar-refractivity contribution in [2.45, 2.75) is 6.92 Å². The number of H-pyrrole nitrogens is 1. The van der Waals surface area contributed by atoms with Crippen LogP contribution in [0.25, 0.3) is 17.0 Å². The number of nitrogens with one attached hydrogen (secondary N) is 2. The molecule has 0 radical (unpaired) electrons. The van der Waals surface area contributed by atoms with Gasteiger partial charge in [-0.05, 0) is 6.92 Å². The van der Waals surface area contributed by atoms with Gasteiger partial charge < -0.3 is 15.0 Å². The molecule has 4 heterocycles. The van der Waals surface area contributed by atoms with Crippen molar-refractivity contribution in [1.29, 1.82) is 0 Å². The second kappa shape index (κ2) is 6.58. The van der Waals surface area contributed by atoms with Crippen LogP contribution in [0.15, 0.2) is 24.8 Å². The number of nitrogens with zero attached hydrogens (tertiary/aromatic N) is 5. The Hall–Kier alpha value is -2.45. The molecule has 0 unspecified atom stereocenters. The summed E-state index contributed by atoms with van der Waals surface area (Å²) in [6.07, 6.45) is 7.33. The van der Waals surface area contributed by atoms with Crippen molar-refractivity contribution in [2.75, 3.05) is 44.7 Å². The number of hydrogen-bond acceptors (Lipinski definition) is 6. The maximum absolute atomic E-state index is 5.39.